The summed E-state index contributed by atoms with van der Waals surface area (Å²) < 4.78 is 86.8. The average molecular weight is 605 g/mol. The van der Waals surface area contributed by atoms with Gasteiger partial charge in [-0.25, -0.2) is 9.59 Å². The Kier molecular flexibility index (Phi) is 9.15. The number of ether oxygens (including phenoxy) is 2. The minimum atomic E-state index is -4.77. The van der Waals surface area contributed by atoms with Crippen LogP contribution in [-0.2, 0) is 21.8 Å². The third-order valence-corrected chi connectivity index (χ3v) is 7.07. The molecule has 2 aromatic heterocycles. The van der Waals surface area contributed by atoms with Crippen molar-refractivity contribution in [3.8, 4) is 32.4 Å². The Balaban J connectivity index is 0.000000220. The Morgan fingerprint density at radius 1 is 0.675 bits per heavy atom. The van der Waals surface area contributed by atoms with Gasteiger partial charge in [0.2, 0.25) is 0 Å². The van der Waals surface area contributed by atoms with Crippen LogP contribution in [0.15, 0.2) is 59.3 Å². The number of aromatic hydroxyl groups is 2. The van der Waals surface area contributed by atoms with Crippen LogP contribution in [0.4, 0.5) is 26.3 Å². The number of thiophene rings is 2. The van der Waals surface area contributed by atoms with Crippen molar-refractivity contribution in [1.29, 1.82) is 0 Å². The molecule has 2 N–H and O–H groups in total. The number of hydrogen-bond acceptors (Lipinski definition) is 8. The van der Waals surface area contributed by atoms with Crippen LogP contribution < -0.4 is 0 Å². The molecule has 0 aliphatic heterocycles. The van der Waals surface area contributed by atoms with E-state index < -0.39 is 58.0 Å². The lowest BCUT2D eigenvalue weighted by atomic mass is 10.0. The van der Waals surface area contributed by atoms with E-state index in [9.17, 15) is 46.1 Å². The van der Waals surface area contributed by atoms with Gasteiger partial charge >= 0.3 is 24.3 Å². The minimum Gasteiger partial charge on any atom is -0.507 e. The van der Waals surface area contributed by atoms with E-state index >= 15 is 0 Å². The summed E-state index contributed by atoms with van der Waals surface area (Å²) in [5, 5.41) is 22.9. The lowest BCUT2D eigenvalue weighted by Gasteiger charge is -2.14. The first-order valence-electron chi connectivity index (χ1n) is 10.8. The van der Waals surface area contributed by atoms with Gasteiger partial charge in [-0.15, -0.1) is 22.7 Å². The van der Waals surface area contributed by atoms with Gasteiger partial charge in [0.1, 0.15) is 22.6 Å². The maximum absolute atomic E-state index is 13.0. The number of esters is 2. The van der Waals surface area contributed by atoms with Gasteiger partial charge in [-0.2, -0.15) is 26.3 Å². The smallest absolute Gasteiger partial charge is 0.417 e. The second-order valence-electron chi connectivity index (χ2n) is 7.77. The van der Waals surface area contributed by atoms with Gasteiger partial charge in [0, 0.05) is 9.75 Å². The summed E-state index contributed by atoms with van der Waals surface area (Å²) >= 11 is 2.46. The van der Waals surface area contributed by atoms with Crippen LogP contribution in [0.3, 0.4) is 0 Å². The standard InChI is InChI=1S/2C13H9F3O3S/c2*1-19-12(18)11-8(13(14,15)16)5-7(6-9(11)17)10-3-2-4-20-10/h2*2-6,17H,1H3. The Morgan fingerprint density at radius 2 is 1.02 bits per heavy atom. The van der Waals surface area contributed by atoms with Gasteiger partial charge in [-0.1, -0.05) is 12.1 Å². The van der Waals surface area contributed by atoms with E-state index in [1.165, 1.54) is 22.7 Å². The van der Waals surface area contributed by atoms with Crippen molar-refractivity contribution in [1.82, 2.24) is 0 Å². The first-order valence-corrected chi connectivity index (χ1v) is 12.6. The number of methoxy groups -OCH3 is 2. The van der Waals surface area contributed by atoms with Crippen molar-refractivity contribution in [2.75, 3.05) is 14.2 Å². The zero-order valence-corrected chi connectivity index (χ0v) is 22.0. The van der Waals surface area contributed by atoms with Crippen molar-refractivity contribution in [3.63, 3.8) is 0 Å². The highest BCUT2D eigenvalue weighted by atomic mass is 32.1. The predicted octanol–water partition coefficient (Wildman–Crippen LogP) is 7.85. The zero-order valence-electron chi connectivity index (χ0n) is 20.4. The normalized spacial score (nSPS) is 11.4. The fraction of sp³-hybridized carbons (Fsp3) is 0.154. The van der Waals surface area contributed by atoms with Crippen LogP contribution in [-0.4, -0.2) is 36.4 Å². The highest BCUT2D eigenvalue weighted by molar-refractivity contribution is 7.13. The Hall–Kier alpha value is -4.04. The monoisotopic (exact) mass is 604 g/mol. The molecule has 4 rings (SSSR count). The topological polar surface area (TPSA) is 93.1 Å². The molecular weight excluding hydrogens is 586 g/mol. The van der Waals surface area contributed by atoms with E-state index in [2.05, 4.69) is 9.47 Å². The second-order valence-corrected chi connectivity index (χ2v) is 9.66. The summed E-state index contributed by atoms with van der Waals surface area (Å²) in [6.07, 6.45) is -9.54. The summed E-state index contributed by atoms with van der Waals surface area (Å²) in [6.45, 7) is 0. The maximum Gasteiger partial charge on any atom is 0.417 e. The summed E-state index contributed by atoms with van der Waals surface area (Å²) in [4.78, 5) is 24.0. The Bertz CT molecular complexity index is 1380. The molecule has 40 heavy (non-hydrogen) atoms. The van der Waals surface area contributed by atoms with E-state index in [-0.39, 0.29) is 11.1 Å². The number of hydrogen-bond donors (Lipinski definition) is 2. The minimum absolute atomic E-state index is 0.192. The Morgan fingerprint density at radius 3 is 1.27 bits per heavy atom. The lowest BCUT2D eigenvalue weighted by molar-refractivity contribution is -0.138. The molecule has 6 nitrogen and oxygen atoms in total. The highest BCUT2D eigenvalue weighted by Gasteiger charge is 2.39. The third-order valence-electron chi connectivity index (χ3n) is 5.24. The van der Waals surface area contributed by atoms with Crippen molar-refractivity contribution >= 4 is 34.6 Å². The molecule has 0 atom stereocenters. The molecule has 4 aromatic rings. The molecule has 0 aliphatic rings. The molecular formula is C26H18F6O6S2. The molecule has 0 amide bonds. The first-order chi connectivity index (χ1) is 18.7. The fourth-order valence-corrected chi connectivity index (χ4v) is 4.93. The number of carbonyl (C=O) groups excluding carboxylic acids is 2. The van der Waals surface area contributed by atoms with E-state index in [0.717, 1.165) is 38.5 Å². The molecule has 2 heterocycles. The van der Waals surface area contributed by atoms with Crippen LogP contribution in [0.1, 0.15) is 31.8 Å². The molecule has 0 unspecified atom stereocenters. The van der Waals surface area contributed by atoms with Gasteiger partial charge in [0.15, 0.2) is 0 Å². The van der Waals surface area contributed by atoms with Crippen LogP contribution >= 0.6 is 22.7 Å². The number of benzene rings is 2. The van der Waals surface area contributed by atoms with Crippen molar-refractivity contribution in [3.05, 3.63) is 81.5 Å². The number of phenols is 2. The Labute approximate surface area is 230 Å². The third kappa shape index (κ3) is 6.74. The number of carbonyl (C=O) groups is 2. The van der Waals surface area contributed by atoms with Crippen LogP contribution in [0.2, 0.25) is 0 Å². The van der Waals surface area contributed by atoms with Crippen LogP contribution in [0, 0.1) is 0 Å². The van der Waals surface area contributed by atoms with Crippen molar-refractivity contribution < 1.29 is 55.6 Å². The van der Waals surface area contributed by atoms with E-state index in [4.69, 9.17) is 0 Å². The zero-order chi connectivity index (χ0) is 29.8. The average Bonchev–Trinajstić information content (AvgIpc) is 3.61. The van der Waals surface area contributed by atoms with Gasteiger partial charge in [0.25, 0.3) is 0 Å². The summed E-state index contributed by atoms with van der Waals surface area (Å²) in [7, 11) is 1.91. The molecule has 0 radical (unpaired) electrons. The molecule has 0 spiro atoms. The van der Waals surface area contributed by atoms with E-state index in [1.54, 1.807) is 35.0 Å². The van der Waals surface area contributed by atoms with Crippen molar-refractivity contribution in [2.24, 2.45) is 0 Å². The maximum atomic E-state index is 13.0. The van der Waals surface area contributed by atoms with Gasteiger partial charge in [-0.05, 0) is 58.3 Å². The van der Waals surface area contributed by atoms with E-state index in [0.29, 0.717) is 9.75 Å². The lowest BCUT2D eigenvalue weighted by Crippen LogP contribution is -2.14. The van der Waals surface area contributed by atoms with Gasteiger partial charge in [0.05, 0.1) is 25.3 Å². The molecule has 2 aromatic carbocycles. The predicted molar refractivity (Wildman–Crippen MR) is 136 cm³/mol. The number of rotatable bonds is 4. The molecule has 0 saturated carbocycles. The van der Waals surface area contributed by atoms with Gasteiger partial charge < -0.3 is 19.7 Å². The molecule has 0 fully saturated rings. The highest BCUT2D eigenvalue weighted by Crippen LogP contribution is 2.41. The van der Waals surface area contributed by atoms with Crippen LogP contribution in [0.25, 0.3) is 20.9 Å². The summed E-state index contributed by atoms with van der Waals surface area (Å²) in [5.74, 6) is -3.97. The fourth-order valence-electron chi connectivity index (χ4n) is 3.50. The molecule has 0 bridgehead atoms. The van der Waals surface area contributed by atoms with Gasteiger partial charge in [-0.3, -0.25) is 0 Å². The SMILES string of the molecule is COC(=O)c1c(O)cc(-c2cccs2)cc1C(F)(F)F.COC(=O)c1c(O)cc(-c2cccs2)cc1C(F)(F)F. The van der Waals surface area contributed by atoms with Crippen molar-refractivity contribution in [2.45, 2.75) is 12.4 Å². The largest absolute Gasteiger partial charge is 0.507 e. The number of phenolic OH excluding ortho intramolecular Hbond substituents is 2. The summed E-state index contributed by atoms with van der Waals surface area (Å²) in [6, 6.07) is 10.5. The molecule has 212 valence electrons. The summed E-state index contributed by atoms with van der Waals surface area (Å²) in [5.41, 5.74) is -3.80. The molecule has 0 aliphatic carbocycles. The number of alkyl halides is 6. The second kappa shape index (κ2) is 12.0. The quantitative estimate of drug-likeness (QED) is 0.182. The number of halogens is 6. The molecule has 14 heteroatoms. The van der Waals surface area contributed by atoms with Crippen LogP contribution in [0.5, 0.6) is 11.5 Å². The molecule has 0 saturated heterocycles. The first kappa shape index (κ1) is 30.5. The van der Waals surface area contributed by atoms with E-state index in [1.807, 2.05) is 0 Å².